The lowest BCUT2D eigenvalue weighted by atomic mass is 10.1. The van der Waals surface area contributed by atoms with Crippen molar-refractivity contribution in [2.75, 3.05) is 13.1 Å². The van der Waals surface area contributed by atoms with E-state index in [2.05, 4.69) is 10.4 Å². The van der Waals surface area contributed by atoms with Crippen LogP contribution in [0.1, 0.15) is 34.9 Å². The summed E-state index contributed by atoms with van der Waals surface area (Å²) in [6.07, 6.45) is 3.62. The number of carbonyl (C=O) groups is 1. The SMILES string of the molecule is Cc1c(C(=O)O)cnn1[C@H]1CCCNC1. The second-order valence-corrected chi connectivity index (χ2v) is 3.89. The molecular formula is C10H15N3O2. The van der Waals surface area contributed by atoms with Crippen LogP contribution in [0.3, 0.4) is 0 Å². The summed E-state index contributed by atoms with van der Waals surface area (Å²) >= 11 is 0. The summed E-state index contributed by atoms with van der Waals surface area (Å²) in [5, 5.41) is 16.4. The number of aromatic carboxylic acids is 1. The van der Waals surface area contributed by atoms with E-state index in [1.165, 1.54) is 6.20 Å². The molecule has 1 aliphatic heterocycles. The molecule has 1 saturated heterocycles. The molecule has 1 atom stereocenters. The lowest BCUT2D eigenvalue weighted by Gasteiger charge is -2.24. The number of carboxylic acids is 1. The van der Waals surface area contributed by atoms with Crippen molar-refractivity contribution in [1.82, 2.24) is 15.1 Å². The number of nitrogens with zero attached hydrogens (tertiary/aromatic N) is 2. The Labute approximate surface area is 88.1 Å². The van der Waals surface area contributed by atoms with Crippen LogP contribution in [-0.2, 0) is 0 Å². The molecule has 1 aromatic rings. The second kappa shape index (κ2) is 4.02. The van der Waals surface area contributed by atoms with Crippen LogP contribution >= 0.6 is 0 Å². The number of carboxylic acid groups (broad SMARTS) is 1. The molecule has 2 heterocycles. The minimum absolute atomic E-state index is 0.298. The second-order valence-electron chi connectivity index (χ2n) is 3.89. The highest BCUT2D eigenvalue weighted by Gasteiger charge is 2.20. The van der Waals surface area contributed by atoms with E-state index in [4.69, 9.17) is 5.11 Å². The monoisotopic (exact) mass is 209 g/mol. The molecule has 0 spiro atoms. The number of piperidine rings is 1. The Bertz CT molecular complexity index is 367. The molecule has 0 amide bonds. The van der Waals surface area contributed by atoms with E-state index >= 15 is 0 Å². The third-order valence-corrected chi connectivity index (χ3v) is 2.89. The molecule has 1 aliphatic rings. The van der Waals surface area contributed by atoms with E-state index in [1.807, 2.05) is 11.6 Å². The van der Waals surface area contributed by atoms with Gasteiger partial charge in [0, 0.05) is 6.54 Å². The molecule has 15 heavy (non-hydrogen) atoms. The summed E-state index contributed by atoms with van der Waals surface area (Å²) in [5.74, 6) is -0.900. The third kappa shape index (κ3) is 1.87. The first-order chi connectivity index (χ1) is 7.20. The molecule has 0 aliphatic carbocycles. The van der Waals surface area contributed by atoms with E-state index in [0.717, 1.165) is 31.6 Å². The van der Waals surface area contributed by atoms with Crippen LogP contribution in [0.25, 0.3) is 0 Å². The van der Waals surface area contributed by atoms with E-state index < -0.39 is 5.97 Å². The number of aromatic nitrogens is 2. The van der Waals surface area contributed by atoms with Crippen LogP contribution in [0.15, 0.2) is 6.20 Å². The van der Waals surface area contributed by atoms with Gasteiger partial charge in [-0.15, -0.1) is 0 Å². The normalized spacial score (nSPS) is 21.5. The number of nitrogens with one attached hydrogen (secondary N) is 1. The predicted octanol–water partition coefficient (Wildman–Crippen LogP) is 0.814. The summed E-state index contributed by atoms with van der Waals surface area (Å²) in [7, 11) is 0. The molecule has 0 unspecified atom stereocenters. The fourth-order valence-electron chi connectivity index (χ4n) is 2.04. The Morgan fingerprint density at radius 3 is 3.07 bits per heavy atom. The first-order valence-electron chi connectivity index (χ1n) is 5.18. The minimum atomic E-state index is -0.900. The van der Waals surface area contributed by atoms with Gasteiger partial charge in [-0.2, -0.15) is 5.10 Å². The van der Waals surface area contributed by atoms with Crippen molar-refractivity contribution < 1.29 is 9.90 Å². The molecule has 5 heteroatoms. The Morgan fingerprint density at radius 2 is 2.53 bits per heavy atom. The smallest absolute Gasteiger partial charge is 0.339 e. The summed E-state index contributed by atoms with van der Waals surface area (Å²) < 4.78 is 1.83. The first kappa shape index (κ1) is 10.2. The van der Waals surface area contributed by atoms with Crippen LogP contribution in [-0.4, -0.2) is 33.9 Å². The maximum absolute atomic E-state index is 10.8. The van der Waals surface area contributed by atoms with Crippen LogP contribution < -0.4 is 5.32 Å². The summed E-state index contributed by atoms with van der Waals surface area (Å²) in [6, 6.07) is 0.298. The maximum Gasteiger partial charge on any atom is 0.339 e. The van der Waals surface area contributed by atoms with Crippen molar-refractivity contribution >= 4 is 5.97 Å². The van der Waals surface area contributed by atoms with Gasteiger partial charge < -0.3 is 10.4 Å². The van der Waals surface area contributed by atoms with Crippen molar-refractivity contribution in [3.8, 4) is 0 Å². The van der Waals surface area contributed by atoms with E-state index in [-0.39, 0.29) is 0 Å². The van der Waals surface area contributed by atoms with Crippen molar-refractivity contribution in [3.63, 3.8) is 0 Å². The van der Waals surface area contributed by atoms with Crippen LogP contribution in [0, 0.1) is 6.92 Å². The molecule has 0 saturated carbocycles. The molecule has 1 aromatic heterocycles. The molecule has 1 fully saturated rings. The number of rotatable bonds is 2. The lowest BCUT2D eigenvalue weighted by Crippen LogP contribution is -2.32. The highest BCUT2D eigenvalue weighted by atomic mass is 16.4. The Kier molecular flexibility index (Phi) is 2.73. The minimum Gasteiger partial charge on any atom is -0.478 e. The number of hydrogen-bond donors (Lipinski definition) is 2. The average molecular weight is 209 g/mol. The van der Waals surface area contributed by atoms with Gasteiger partial charge in [-0.1, -0.05) is 0 Å². The highest BCUT2D eigenvalue weighted by Crippen LogP contribution is 2.19. The van der Waals surface area contributed by atoms with Gasteiger partial charge in [0.05, 0.1) is 17.9 Å². The molecule has 2 N–H and O–H groups in total. The van der Waals surface area contributed by atoms with Gasteiger partial charge in [-0.25, -0.2) is 4.79 Å². The maximum atomic E-state index is 10.8. The third-order valence-electron chi connectivity index (χ3n) is 2.89. The van der Waals surface area contributed by atoms with Gasteiger partial charge in [-0.05, 0) is 26.3 Å². The van der Waals surface area contributed by atoms with Gasteiger partial charge in [-0.3, -0.25) is 4.68 Å². The zero-order chi connectivity index (χ0) is 10.8. The van der Waals surface area contributed by atoms with Crippen molar-refractivity contribution in [1.29, 1.82) is 0 Å². The van der Waals surface area contributed by atoms with Crippen molar-refractivity contribution in [2.24, 2.45) is 0 Å². The van der Waals surface area contributed by atoms with Gasteiger partial charge in [0.1, 0.15) is 5.56 Å². The molecule has 5 nitrogen and oxygen atoms in total. The quantitative estimate of drug-likeness (QED) is 0.756. The van der Waals surface area contributed by atoms with Gasteiger partial charge >= 0.3 is 5.97 Å². The summed E-state index contributed by atoms with van der Waals surface area (Å²) in [4.78, 5) is 10.8. The molecule has 0 aromatic carbocycles. The molecule has 2 rings (SSSR count). The van der Waals surface area contributed by atoms with Crippen LogP contribution in [0.5, 0.6) is 0 Å². The molecule has 82 valence electrons. The van der Waals surface area contributed by atoms with E-state index in [1.54, 1.807) is 0 Å². The first-order valence-corrected chi connectivity index (χ1v) is 5.18. The van der Waals surface area contributed by atoms with Gasteiger partial charge in [0.2, 0.25) is 0 Å². The average Bonchev–Trinajstić information content (AvgIpc) is 2.61. The summed E-state index contributed by atoms with van der Waals surface area (Å²) in [6.45, 7) is 3.73. The highest BCUT2D eigenvalue weighted by molar-refractivity contribution is 5.88. The topological polar surface area (TPSA) is 67.1 Å². The molecule has 0 bridgehead atoms. The van der Waals surface area contributed by atoms with Crippen molar-refractivity contribution in [2.45, 2.75) is 25.8 Å². The molecular weight excluding hydrogens is 194 g/mol. The largest absolute Gasteiger partial charge is 0.478 e. The van der Waals surface area contributed by atoms with E-state index in [9.17, 15) is 4.79 Å². The van der Waals surface area contributed by atoms with Gasteiger partial charge in [0.15, 0.2) is 0 Å². The number of hydrogen-bond acceptors (Lipinski definition) is 3. The van der Waals surface area contributed by atoms with Crippen LogP contribution in [0.4, 0.5) is 0 Å². The lowest BCUT2D eigenvalue weighted by molar-refractivity contribution is 0.0696. The zero-order valence-corrected chi connectivity index (χ0v) is 8.73. The van der Waals surface area contributed by atoms with Crippen LogP contribution in [0.2, 0.25) is 0 Å². The Hall–Kier alpha value is -1.36. The molecule has 0 radical (unpaired) electrons. The Balaban J connectivity index is 2.24. The standard InChI is InChI=1S/C10H15N3O2/c1-7-9(10(14)15)6-12-13(7)8-3-2-4-11-5-8/h6,8,11H,2-5H2,1H3,(H,14,15)/t8-/m0/s1. The Morgan fingerprint density at radius 1 is 1.73 bits per heavy atom. The fraction of sp³-hybridized carbons (Fsp3) is 0.600. The fourth-order valence-corrected chi connectivity index (χ4v) is 2.04. The zero-order valence-electron chi connectivity index (χ0n) is 8.73. The van der Waals surface area contributed by atoms with Crippen molar-refractivity contribution in [3.05, 3.63) is 17.5 Å². The summed E-state index contributed by atoms with van der Waals surface area (Å²) in [5.41, 5.74) is 1.05. The predicted molar refractivity (Wildman–Crippen MR) is 55.1 cm³/mol. The van der Waals surface area contributed by atoms with Gasteiger partial charge in [0.25, 0.3) is 0 Å². The van der Waals surface area contributed by atoms with E-state index in [0.29, 0.717) is 11.6 Å².